The fourth-order valence-corrected chi connectivity index (χ4v) is 2.36. The van der Waals surface area contributed by atoms with E-state index in [0.29, 0.717) is 11.3 Å². The molecule has 0 fully saturated rings. The van der Waals surface area contributed by atoms with E-state index in [2.05, 4.69) is 26.8 Å². The van der Waals surface area contributed by atoms with Crippen LogP contribution in [0.3, 0.4) is 0 Å². The summed E-state index contributed by atoms with van der Waals surface area (Å²) < 4.78 is 5.70. The molecule has 0 aliphatic heterocycles. The van der Waals surface area contributed by atoms with E-state index in [0.717, 1.165) is 24.7 Å². The summed E-state index contributed by atoms with van der Waals surface area (Å²) in [7, 11) is -0.919. The standard InChI is InChI=1S/C16H31BO3/c1-14(2,3)12-8-10-13(11-9-12)17(19)20-16(6,7)15(4,5)18/h10,12,18-19H,8-9,11H2,1-7H3. The molecule has 0 saturated carbocycles. The molecule has 20 heavy (non-hydrogen) atoms. The largest absolute Gasteiger partial charge is 0.487 e. The van der Waals surface area contributed by atoms with Gasteiger partial charge in [0.2, 0.25) is 0 Å². The first-order chi connectivity index (χ1) is 8.84. The van der Waals surface area contributed by atoms with Gasteiger partial charge < -0.3 is 14.8 Å². The second-order valence-corrected chi connectivity index (χ2v) is 8.16. The number of rotatable bonds is 4. The van der Waals surface area contributed by atoms with Crippen LogP contribution < -0.4 is 0 Å². The Kier molecular flexibility index (Phi) is 5.16. The summed E-state index contributed by atoms with van der Waals surface area (Å²) in [4.78, 5) is 0. The van der Waals surface area contributed by atoms with Crippen molar-refractivity contribution < 1.29 is 14.8 Å². The van der Waals surface area contributed by atoms with Crippen LogP contribution in [0.25, 0.3) is 0 Å². The monoisotopic (exact) mass is 282 g/mol. The first-order valence-electron chi connectivity index (χ1n) is 7.62. The summed E-state index contributed by atoms with van der Waals surface area (Å²) in [5, 5.41) is 20.3. The summed E-state index contributed by atoms with van der Waals surface area (Å²) >= 11 is 0. The van der Waals surface area contributed by atoms with Gasteiger partial charge in [-0.2, -0.15) is 0 Å². The topological polar surface area (TPSA) is 49.7 Å². The van der Waals surface area contributed by atoms with E-state index < -0.39 is 18.3 Å². The summed E-state index contributed by atoms with van der Waals surface area (Å²) in [5.41, 5.74) is -0.547. The summed E-state index contributed by atoms with van der Waals surface area (Å²) in [6.45, 7) is 13.8. The van der Waals surface area contributed by atoms with Crippen molar-refractivity contribution in [1.82, 2.24) is 0 Å². The SMILES string of the molecule is CC(C)(C)C1CC=C(B(O)OC(C)(C)C(C)(C)O)CC1. The van der Waals surface area contributed by atoms with Gasteiger partial charge in [-0.1, -0.05) is 26.8 Å². The summed E-state index contributed by atoms with van der Waals surface area (Å²) in [5.74, 6) is 0.653. The Morgan fingerprint density at radius 1 is 1.15 bits per heavy atom. The highest BCUT2D eigenvalue weighted by Gasteiger charge is 2.40. The van der Waals surface area contributed by atoms with Gasteiger partial charge in [0.1, 0.15) is 0 Å². The van der Waals surface area contributed by atoms with E-state index in [-0.39, 0.29) is 0 Å². The molecule has 0 radical (unpaired) electrons. The van der Waals surface area contributed by atoms with Gasteiger partial charge in [0.15, 0.2) is 0 Å². The second kappa shape index (κ2) is 5.82. The highest BCUT2D eigenvalue weighted by atomic mass is 16.5. The van der Waals surface area contributed by atoms with E-state index in [4.69, 9.17) is 4.65 Å². The van der Waals surface area contributed by atoms with Crippen molar-refractivity contribution in [3.8, 4) is 0 Å². The normalized spacial score (nSPS) is 21.6. The first-order valence-corrected chi connectivity index (χ1v) is 7.62. The van der Waals surface area contributed by atoms with Gasteiger partial charge in [0, 0.05) is 0 Å². The average Bonchev–Trinajstić information content (AvgIpc) is 2.26. The maximum Gasteiger partial charge on any atom is 0.487 e. The molecule has 2 N–H and O–H groups in total. The van der Waals surface area contributed by atoms with Gasteiger partial charge >= 0.3 is 7.12 Å². The van der Waals surface area contributed by atoms with Gasteiger partial charge in [-0.3, -0.25) is 0 Å². The van der Waals surface area contributed by atoms with Crippen LogP contribution in [0.1, 0.15) is 67.7 Å². The molecule has 0 aromatic carbocycles. The molecular formula is C16H31BO3. The minimum atomic E-state index is -1.00. The van der Waals surface area contributed by atoms with E-state index in [1.165, 1.54) is 0 Å². The average molecular weight is 282 g/mol. The van der Waals surface area contributed by atoms with Crippen molar-refractivity contribution in [3.63, 3.8) is 0 Å². The number of aliphatic hydroxyl groups is 1. The molecule has 1 atom stereocenters. The lowest BCUT2D eigenvalue weighted by molar-refractivity contribution is -0.0990. The van der Waals surface area contributed by atoms with Crippen LogP contribution in [0.15, 0.2) is 11.5 Å². The van der Waals surface area contributed by atoms with Crippen LogP contribution in [-0.4, -0.2) is 28.5 Å². The molecule has 0 aromatic heterocycles. The highest BCUT2D eigenvalue weighted by Crippen LogP contribution is 2.38. The maximum atomic E-state index is 10.3. The van der Waals surface area contributed by atoms with Crippen molar-refractivity contribution in [2.45, 2.75) is 78.9 Å². The third-order valence-electron chi connectivity index (χ3n) is 4.87. The maximum absolute atomic E-state index is 10.3. The van der Waals surface area contributed by atoms with Gasteiger partial charge in [0.05, 0.1) is 11.2 Å². The zero-order chi connectivity index (χ0) is 15.8. The molecule has 3 nitrogen and oxygen atoms in total. The molecule has 0 bridgehead atoms. The van der Waals surface area contributed by atoms with Crippen molar-refractivity contribution >= 4 is 7.12 Å². The third-order valence-corrected chi connectivity index (χ3v) is 4.87. The van der Waals surface area contributed by atoms with Crippen LogP contribution >= 0.6 is 0 Å². The molecule has 0 amide bonds. The van der Waals surface area contributed by atoms with Gasteiger partial charge in [-0.25, -0.2) is 0 Å². The fraction of sp³-hybridized carbons (Fsp3) is 0.875. The van der Waals surface area contributed by atoms with Crippen molar-refractivity contribution in [2.24, 2.45) is 11.3 Å². The Morgan fingerprint density at radius 2 is 1.70 bits per heavy atom. The Labute approximate surface area is 124 Å². The fourth-order valence-electron chi connectivity index (χ4n) is 2.36. The Bertz CT molecular complexity index is 361. The van der Waals surface area contributed by atoms with E-state index in [1.54, 1.807) is 27.7 Å². The van der Waals surface area contributed by atoms with Gasteiger partial charge in [0.25, 0.3) is 0 Å². The lowest BCUT2D eigenvalue weighted by Crippen LogP contribution is -2.51. The molecule has 1 unspecified atom stereocenters. The zero-order valence-electron chi connectivity index (χ0n) is 14.2. The van der Waals surface area contributed by atoms with Crippen LogP contribution in [0, 0.1) is 11.3 Å². The summed E-state index contributed by atoms with van der Waals surface area (Å²) in [6.07, 6.45) is 5.05. The van der Waals surface area contributed by atoms with E-state index in [1.807, 2.05) is 0 Å². The quantitative estimate of drug-likeness (QED) is 0.777. The van der Waals surface area contributed by atoms with E-state index >= 15 is 0 Å². The Hall–Kier alpha value is -0.315. The van der Waals surface area contributed by atoms with Gasteiger partial charge in [-0.15, -0.1) is 0 Å². The molecule has 0 spiro atoms. The molecule has 1 aliphatic rings. The van der Waals surface area contributed by atoms with Crippen LogP contribution in [0.4, 0.5) is 0 Å². The minimum absolute atomic E-state index is 0.306. The van der Waals surface area contributed by atoms with Crippen molar-refractivity contribution in [1.29, 1.82) is 0 Å². The summed E-state index contributed by atoms with van der Waals surface area (Å²) in [6, 6.07) is 0. The molecule has 4 heteroatoms. The van der Waals surface area contributed by atoms with Crippen molar-refractivity contribution in [3.05, 3.63) is 11.5 Å². The predicted molar refractivity (Wildman–Crippen MR) is 84.3 cm³/mol. The van der Waals surface area contributed by atoms with Gasteiger partial charge in [-0.05, 0) is 63.8 Å². The smallest absolute Gasteiger partial charge is 0.423 e. The van der Waals surface area contributed by atoms with Crippen molar-refractivity contribution in [2.75, 3.05) is 0 Å². The Balaban J connectivity index is 2.67. The molecule has 1 rings (SSSR count). The lowest BCUT2D eigenvalue weighted by atomic mass is 9.65. The minimum Gasteiger partial charge on any atom is -0.423 e. The number of hydrogen-bond acceptors (Lipinski definition) is 3. The van der Waals surface area contributed by atoms with Crippen LogP contribution in [-0.2, 0) is 4.65 Å². The van der Waals surface area contributed by atoms with E-state index in [9.17, 15) is 10.1 Å². The van der Waals surface area contributed by atoms with Crippen LogP contribution in [0.2, 0.25) is 0 Å². The predicted octanol–water partition coefficient (Wildman–Crippen LogP) is 3.34. The Morgan fingerprint density at radius 3 is 2.05 bits per heavy atom. The molecule has 0 aromatic rings. The number of hydrogen-bond donors (Lipinski definition) is 2. The molecule has 116 valence electrons. The third kappa shape index (κ3) is 4.34. The molecule has 1 aliphatic carbocycles. The van der Waals surface area contributed by atoms with Crippen LogP contribution in [0.5, 0.6) is 0 Å². The molecule has 0 saturated heterocycles. The number of allylic oxidation sites excluding steroid dienone is 2. The zero-order valence-corrected chi connectivity index (χ0v) is 14.2. The highest BCUT2D eigenvalue weighted by molar-refractivity contribution is 6.52. The molecule has 0 heterocycles. The second-order valence-electron chi connectivity index (χ2n) is 8.16. The first kappa shape index (κ1) is 17.7. The molecular weight excluding hydrogens is 251 g/mol. The lowest BCUT2D eigenvalue weighted by Gasteiger charge is -2.39.